The van der Waals surface area contributed by atoms with Crippen molar-refractivity contribution >= 4 is 23.8 Å². The summed E-state index contributed by atoms with van der Waals surface area (Å²) in [5.41, 5.74) is 3.89. The van der Waals surface area contributed by atoms with Gasteiger partial charge in [0.1, 0.15) is 5.41 Å². The second-order valence-electron chi connectivity index (χ2n) is 4.01. The lowest BCUT2D eigenvalue weighted by Crippen LogP contribution is -2.59. The van der Waals surface area contributed by atoms with Gasteiger partial charge in [0.05, 0.1) is 0 Å². The summed E-state index contributed by atoms with van der Waals surface area (Å²) in [7, 11) is 0. The van der Waals surface area contributed by atoms with Crippen molar-refractivity contribution in [2.45, 2.75) is 19.3 Å². The normalized spacial score (nSPS) is 22.2. The van der Waals surface area contributed by atoms with E-state index in [0.717, 1.165) is 4.90 Å². The molecule has 2 aliphatic rings. The molecule has 1 saturated heterocycles. The van der Waals surface area contributed by atoms with Crippen molar-refractivity contribution in [2.24, 2.45) is 11.1 Å². The zero-order chi connectivity index (χ0) is 11.9. The van der Waals surface area contributed by atoms with Gasteiger partial charge in [-0.2, -0.15) is 0 Å². The molecule has 0 unspecified atom stereocenters. The topological polar surface area (TPSA) is 110 Å². The highest BCUT2D eigenvalue weighted by Gasteiger charge is 2.62. The van der Waals surface area contributed by atoms with E-state index in [9.17, 15) is 19.2 Å². The highest BCUT2D eigenvalue weighted by molar-refractivity contribution is 6.20. The summed E-state index contributed by atoms with van der Waals surface area (Å²) in [6.45, 7) is -0.0744. The van der Waals surface area contributed by atoms with Gasteiger partial charge in [-0.1, -0.05) is 0 Å². The van der Waals surface area contributed by atoms with Crippen molar-refractivity contribution in [1.29, 1.82) is 0 Å². The van der Waals surface area contributed by atoms with Gasteiger partial charge in [-0.05, 0) is 12.8 Å². The Kier molecular flexibility index (Phi) is 2.18. The monoisotopic (exact) mass is 225 g/mol. The number of rotatable bonds is 3. The number of carbonyl (C=O) groups excluding carboxylic acids is 4. The first kappa shape index (κ1) is 10.6. The van der Waals surface area contributed by atoms with E-state index < -0.39 is 29.2 Å². The number of hydrogen-bond acceptors (Lipinski definition) is 4. The minimum absolute atomic E-state index is 0.0744. The van der Waals surface area contributed by atoms with Crippen LogP contribution >= 0.6 is 0 Å². The molecule has 86 valence electrons. The highest BCUT2D eigenvalue weighted by Crippen LogP contribution is 2.48. The van der Waals surface area contributed by atoms with Gasteiger partial charge in [-0.15, -0.1) is 0 Å². The molecule has 0 bridgehead atoms. The third-order valence-electron chi connectivity index (χ3n) is 2.89. The minimum Gasteiger partial charge on any atom is -0.370 e. The molecule has 1 heterocycles. The summed E-state index contributed by atoms with van der Waals surface area (Å²) in [5.74, 6) is -1.64. The molecule has 5 amide bonds. The molecular weight excluding hydrogens is 214 g/mol. The Labute approximate surface area is 90.9 Å². The number of nitrogens with one attached hydrogen (secondary N) is 1. The molecule has 7 heteroatoms. The highest BCUT2D eigenvalue weighted by atomic mass is 16.2. The summed E-state index contributed by atoms with van der Waals surface area (Å²) in [6.07, 6.45) is 0.819. The number of primary amides is 1. The van der Waals surface area contributed by atoms with Crippen LogP contribution in [-0.2, 0) is 14.4 Å². The van der Waals surface area contributed by atoms with Gasteiger partial charge in [0, 0.05) is 13.0 Å². The van der Waals surface area contributed by atoms with Crippen LogP contribution < -0.4 is 11.1 Å². The lowest BCUT2D eigenvalue weighted by molar-refractivity contribution is -0.144. The molecule has 16 heavy (non-hydrogen) atoms. The van der Waals surface area contributed by atoms with E-state index >= 15 is 0 Å². The van der Waals surface area contributed by atoms with E-state index in [4.69, 9.17) is 5.73 Å². The van der Waals surface area contributed by atoms with E-state index in [1.165, 1.54) is 0 Å². The van der Waals surface area contributed by atoms with Crippen LogP contribution in [0.1, 0.15) is 19.3 Å². The summed E-state index contributed by atoms with van der Waals surface area (Å²) in [5, 5.41) is 2.11. The molecule has 0 aromatic heterocycles. The Bertz CT molecular complexity index is 400. The SMILES string of the molecule is NC(=O)CCN1C(=O)NC(=O)C2(CC2)C1=O. The van der Waals surface area contributed by atoms with Crippen molar-refractivity contribution in [1.82, 2.24) is 10.2 Å². The minimum atomic E-state index is -1.05. The van der Waals surface area contributed by atoms with Crippen molar-refractivity contribution in [3.63, 3.8) is 0 Å². The number of imide groups is 2. The third-order valence-corrected chi connectivity index (χ3v) is 2.89. The molecule has 7 nitrogen and oxygen atoms in total. The average molecular weight is 225 g/mol. The fraction of sp³-hybridized carbons (Fsp3) is 0.556. The van der Waals surface area contributed by atoms with Gasteiger partial charge < -0.3 is 5.73 Å². The maximum absolute atomic E-state index is 11.8. The predicted octanol–water partition coefficient (Wildman–Crippen LogP) is -1.28. The number of urea groups is 1. The standard InChI is InChI=1S/C9H11N3O4/c10-5(13)1-4-12-7(15)9(2-3-9)6(14)11-8(12)16/h1-4H2,(H2,10,13)(H,11,14,16). The van der Waals surface area contributed by atoms with Crippen molar-refractivity contribution in [3.05, 3.63) is 0 Å². The summed E-state index contributed by atoms with van der Waals surface area (Å²) < 4.78 is 0. The first-order valence-electron chi connectivity index (χ1n) is 4.93. The van der Waals surface area contributed by atoms with E-state index in [-0.39, 0.29) is 13.0 Å². The fourth-order valence-corrected chi connectivity index (χ4v) is 1.72. The van der Waals surface area contributed by atoms with Crippen molar-refractivity contribution < 1.29 is 19.2 Å². The zero-order valence-corrected chi connectivity index (χ0v) is 8.49. The van der Waals surface area contributed by atoms with Gasteiger partial charge in [0.2, 0.25) is 17.7 Å². The first-order valence-corrected chi connectivity index (χ1v) is 4.93. The van der Waals surface area contributed by atoms with Crippen LogP contribution in [0.3, 0.4) is 0 Å². The predicted molar refractivity (Wildman–Crippen MR) is 50.7 cm³/mol. The molecular formula is C9H11N3O4. The van der Waals surface area contributed by atoms with E-state index in [1.54, 1.807) is 0 Å². The van der Waals surface area contributed by atoms with Gasteiger partial charge >= 0.3 is 6.03 Å². The Balaban J connectivity index is 2.12. The molecule has 0 aromatic carbocycles. The number of nitrogens with zero attached hydrogens (tertiary/aromatic N) is 1. The smallest absolute Gasteiger partial charge is 0.330 e. The van der Waals surface area contributed by atoms with Crippen LogP contribution in [-0.4, -0.2) is 35.2 Å². The number of nitrogens with two attached hydrogens (primary N) is 1. The lowest BCUT2D eigenvalue weighted by Gasteiger charge is -2.29. The van der Waals surface area contributed by atoms with Gasteiger partial charge in [0.15, 0.2) is 0 Å². The third kappa shape index (κ3) is 1.44. The van der Waals surface area contributed by atoms with Crippen LogP contribution in [0.4, 0.5) is 4.79 Å². The van der Waals surface area contributed by atoms with Crippen molar-refractivity contribution in [3.8, 4) is 0 Å². The summed E-state index contributed by atoms with van der Waals surface area (Å²) in [6, 6.07) is -0.770. The Morgan fingerprint density at radius 1 is 1.38 bits per heavy atom. The van der Waals surface area contributed by atoms with Gasteiger partial charge in [-0.25, -0.2) is 4.79 Å². The lowest BCUT2D eigenvalue weighted by atomic mass is 10.0. The summed E-state index contributed by atoms with van der Waals surface area (Å²) >= 11 is 0. The van der Waals surface area contributed by atoms with Crippen LogP contribution in [0.25, 0.3) is 0 Å². The molecule has 1 saturated carbocycles. The average Bonchev–Trinajstić information content (AvgIpc) is 2.95. The molecule has 2 fully saturated rings. The second-order valence-corrected chi connectivity index (χ2v) is 4.01. The maximum atomic E-state index is 11.8. The largest absolute Gasteiger partial charge is 0.370 e. The molecule has 3 N–H and O–H groups in total. The maximum Gasteiger partial charge on any atom is 0.330 e. The molecule has 1 spiro atoms. The zero-order valence-electron chi connectivity index (χ0n) is 8.49. The fourth-order valence-electron chi connectivity index (χ4n) is 1.72. The molecule has 1 aliphatic carbocycles. The molecule has 0 aromatic rings. The molecule has 0 radical (unpaired) electrons. The molecule has 2 rings (SSSR count). The Morgan fingerprint density at radius 2 is 2.00 bits per heavy atom. The Morgan fingerprint density at radius 3 is 2.50 bits per heavy atom. The second kappa shape index (κ2) is 3.29. The van der Waals surface area contributed by atoms with E-state index in [1.807, 2.05) is 0 Å². The van der Waals surface area contributed by atoms with Gasteiger partial charge in [0.25, 0.3) is 0 Å². The van der Waals surface area contributed by atoms with Crippen LogP contribution in [0.5, 0.6) is 0 Å². The van der Waals surface area contributed by atoms with Crippen LogP contribution in [0, 0.1) is 5.41 Å². The first-order chi connectivity index (χ1) is 7.47. The molecule has 1 aliphatic heterocycles. The number of amides is 5. The Hall–Kier alpha value is -1.92. The van der Waals surface area contributed by atoms with Crippen LogP contribution in [0.2, 0.25) is 0 Å². The van der Waals surface area contributed by atoms with E-state index in [2.05, 4.69) is 5.32 Å². The van der Waals surface area contributed by atoms with Crippen LogP contribution in [0.15, 0.2) is 0 Å². The number of hydrogen-bond donors (Lipinski definition) is 2. The number of barbiturate groups is 1. The number of carbonyl (C=O) groups is 4. The quantitative estimate of drug-likeness (QED) is 0.583. The molecule has 0 atom stereocenters. The van der Waals surface area contributed by atoms with Gasteiger partial charge in [-0.3, -0.25) is 24.6 Å². The van der Waals surface area contributed by atoms with Crippen molar-refractivity contribution in [2.75, 3.05) is 6.54 Å². The summed E-state index contributed by atoms with van der Waals surface area (Å²) in [4.78, 5) is 46.1. The van der Waals surface area contributed by atoms with E-state index in [0.29, 0.717) is 12.8 Å².